The molecule has 1 aromatic heterocycles. The Morgan fingerprint density at radius 1 is 1.04 bits per heavy atom. The maximum absolute atomic E-state index is 12.7. The quantitative estimate of drug-likeness (QED) is 0.687. The molecule has 5 nitrogen and oxygen atoms in total. The molecular formula is C20H21N3O2. The van der Waals surface area contributed by atoms with Crippen molar-refractivity contribution >= 4 is 5.91 Å². The molecule has 1 amide bonds. The molecular weight excluding hydrogens is 314 g/mol. The van der Waals surface area contributed by atoms with Gasteiger partial charge in [-0.2, -0.15) is 4.98 Å². The van der Waals surface area contributed by atoms with Gasteiger partial charge in [0.15, 0.2) is 0 Å². The molecule has 0 aliphatic heterocycles. The molecule has 0 N–H and O–H groups in total. The molecule has 3 rings (SSSR count). The maximum atomic E-state index is 12.7. The molecule has 3 aromatic rings. The highest BCUT2D eigenvalue weighted by Gasteiger charge is 2.19. The predicted molar refractivity (Wildman–Crippen MR) is 96.1 cm³/mol. The van der Waals surface area contributed by atoms with E-state index in [2.05, 4.69) is 10.1 Å². The van der Waals surface area contributed by atoms with Gasteiger partial charge in [0.1, 0.15) is 0 Å². The fourth-order valence-corrected chi connectivity index (χ4v) is 2.62. The highest BCUT2D eigenvalue weighted by Crippen LogP contribution is 2.16. The largest absolute Gasteiger partial charge is 0.339 e. The number of rotatable bonds is 6. The molecule has 0 aliphatic carbocycles. The van der Waals surface area contributed by atoms with Gasteiger partial charge in [-0.15, -0.1) is 0 Å². The molecule has 0 spiro atoms. The van der Waals surface area contributed by atoms with E-state index >= 15 is 0 Å². The first-order valence-corrected chi connectivity index (χ1v) is 8.39. The molecule has 0 radical (unpaired) electrons. The zero-order valence-electron chi connectivity index (χ0n) is 14.4. The topological polar surface area (TPSA) is 59.2 Å². The first-order valence-electron chi connectivity index (χ1n) is 8.39. The summed E-state index contributed by atoms with van der Waals surface area (Å²) in [6, 6.07) is 19.1. The fourth-order valence-electron chi connectivity index (χ4n) is 2.62. The van der Waals surface area contributed by atoms with Gasteiger partial charge in [-0.25, -0.2) is 0 Å². The number of amides is 1. The molecule has 0 atom stereocenters. The Labute approximate surface area is 147 Å². The normalized spacial score (nSPS) is 10.8. The van der Waals surface area contributed by atoms with Crippen molar-refractivity contribution in [2.75, 3.05) is 6.54 Å². The molecule has 25 heavy (non-hydrogen) atoms. The van der Waals surface area contributed by atoms with Crippen LogP contribution in [0.5, 0.6) is 0 Å². The third kappa shape index (κ3) is 4.12. The third-order valence-electron chi connectivity index (χ3n) is 3.97. The van der Waals surface area contributed by atoms with Gasteiger partial charge in [-0.3, -0.25) is 4.79 Å². The lowest BCUT2D eigenvalue weighted by Crippen LogP contribution is -2.38. The van der Waals surface area contributed by atoms with Crippen LogP contribution in [0, 0.1) is 0 Å². The number of carbonyl (C=O) groups excluding carboxylic acids is 1. The number of nitrogens with zero attached hydrogens (tertiary/aromatic N) is 3. The average Bonchev–Trinajstić information content (AvgIpc) is 3.12. The minimum absolute atomic E-state index is 0.0124. The van der Waals surface area contributed by atoms with Crippen LogP contribution in [0.4, 0.5) is 0 Å². The Kier molecular flexibility index (Phi) is 5.23. The second-order valence-corrected chi connectivity index (χ2v) is 6.09. The van der Waals surface area contributed by atoms with Gasteiger partial charge in [0.2, 0.25) is 11.7 Å². The van der Waals surface area contributed by atoms with Crippen LogP contribution in [-0.4, -0.2) is 33.5 Å². The molecule has 0 saturated heterocycles. The van der Waals surface area contributed by atoms with E-state index in [4.69, 9.17) is 4.52 Å². The molecule has 128 valence electrons. The molecule has 2 aromatic carbocycles. The highest BCUT2D eigenvalue weighted by molar-refractivity contribution is 5.94. The molecule has 0 saturated carbocycles. The summed E-state index contributed by atoms with van der Waals surface area (Å²) in [4.78, 5) is 18.9. The Hall–Kier alpha value is -2.95. The minimum atomic E-state index is 0.0124. The lowest BCUT2D eigenvalue weighted by Gasteiger charge is -2.26. The predicted octanol–water partition coefficient (Wildman–Crippen LogP) is 3.83. The molecule has 0 fully saturated rings. The Morgan fingerprint density at radius 3 is 2.32 bits per heavy atom. The van der Waals surface area contributed by atoms with Crippen LogP contribution in [0.2, 0.25) is 0 Å². The van der Waals surface area contributed by atoms with Crippen molar-refractivity contribution in [3.63, 3.8) is 0 Å². The zero-order chi connectivity index (χ0) is 17.6. The van der Waals surface area contributed by atoms with Crippen molar-refractivity contribution in [3.8, 4) is 11.4 Å². The Balaban J connectivity index is 1.68. The number of aromatic nitrogens is 2. The maximum Gasteiger partial charge on any atom is 0.254 e. The van der Waals surface area contributed by atoms with Gasteiger partial charge in [0, 0.05) is 30.1 Å². The second-order valence-electron chi connectivity index (χ2n) is 6.09. The summed E-state index contributed by atoms with van der Waals surface area (Å²) in [6.45, 7) is 4.54. The molecule has 5 heteroatoms. The van der Waals surface area contributed by atoms with Crippen molar-refractivity contribution in [1.82, 2.24) is 15.0 Å². The van der Waals surface area contributed by atoms with E-state index in [1.165, 1.54) is 0 Å². The van der Waals surface area contributed by atoms with Gasteiger partial charge in [-0.1, -0.05) is 53.7 Å². The summed E-state index contributed by atoms with van der Waals surface area (Å²) in [5.74, 6) is 1.12. The van der Waals surface area contributed by atoms with Crippen LogP contribution in [0.3, 0.4) is 0 Å². The van der Waals surface area contributed by atoms with Gasteiger partial charge < -0.3 is 9.42 Å². The summed E-state index contributed by atoms with van der Waals surface area (Å²) in [6.07, 6.45) is 0.524. The minimum Gasteiger partial charge on any atom is -0.339 e. The fraction of sp³-hybridized carbons (Fsp3) is 0.250. The van der Waals surface area contributed by atoms with E-state index in [1.54, 1.807) is 0 Å². The Morgan fingerprint density at radius 2 is 1.68 bits per heavy atom. The highest BCUT2D eigenvalue weighted by atomic mass is 16.5. The standard InChI is InChI=1S/C20H21N3O2/c1-15(2)23(20(24)17-11-7-4-8-12-17)14-13-18-21-19(22-25-18)16-9-5-3-6-10-16/h3-12,15H,13-14H2,1-2H3. The van der Waals surface area contributed by atoms with Crippen LogP contribution in [0.25, 0.3) is 11.4 Å². The number of carbonyl (C=O) groups is 1. The number of benzene rings is 2. The number of hydrogen-bond acceptors (Lipinski definition) is 4. The van der Waals surface area contributed by atoms with Crippen LogP contribution >= 0.6 is 0 Å². The zero-order valence-corrected chi connectivity index (χ0v) is 14.4. The average molecular weight is 335 g/mol. The van der Waals surface area contributed by atoms with Crippen LogP contribution in [0.1, 0.15) is 30.1 Å². The van der Waals surface area contributed by atoms with Crippen molar-refractivity contribution in [2.45, 2.75) is 26.3 Å². The first-order chi connectivity index (χ1) is 12.1. The van der Waals surface area contributed by atoms with Crippen LogP contribution in [-0.2, 0) is 6.42 Å². The van der Waals surface area contributed by atoms with E-state index in [0.29, 0.717) is 30.2 Å². The molecule has 1 heterocycles. The third-order valence-corrected chi connectivity index (χ3v) is 3.97. The molecule has 0 aliphatic rings. The van der Waals surface area contributed by atoms with E-state index < -0.39 is 0 Å². The summed E-state index contributed by atoms with van der Waals surface area (Å²) in [5, 5.41) is 4.02. The van der Waals surface area contributed by atoms with Gasteiger partial charge in [-0.05, 0) is 26.0 Å². The summed E-state index contributed by atoms with van der Waals surface area (Å²) >= 11 is 0. The van der Waals surface area contributed by atoms with Gasteiger partial charge >= 0.3 is 0 Å². The summed E-state index contributed by atoms with van der Waals surface area (Å²) < 4.78 is 5.34. The van der Waals surface area contributed by atoms with Crippen molar-refractivity contribution < 1.29 is 9.32 Å². The Bertz CT molecular complexity index is 813. The first kappa shape index (κ1) is 16.9. The van der Waals surface area contributed by atoms with Gasteiger partial charge in [0.25, 0.3) is 5.91 Å². The lowest BCUT2D eigenvalue weighted by atomic mass is 10.1. The number of hydrogen-bond donors (Lipinski definition) is 0. The van der Waals surface area contributed by atoms with E-state index in [-0.39, 0.29) is 11.9 Å². The van der Waals surface area contributed by atoms with Gasteiger partial charge in [0.05, 0.1) is 0 Å². The van der Waals surface area contributed by atoms with Crippen molar-refractivity contribution in [2.24, 2.45) is 0 Å². The van der Waals surface area contributed by atoms with Crippen LogP contribution < -0.4 is 0 Å². The van der Waals surface area contributed by atoms with E-state index in [1.807, 2.05) is 79.4 Å². The smallest absolute Gasteiger partial charge is 0.254 e. The summed E-state index contributed by atoms with van der Waals surface area (Å²) in [5.41, 5.74) is 1.60. The monoisotopic (exact) mass is 335 g/mol. The molecule has 0 unspecified atom stereocenters. The molecule has 0 bridgehead atoms. The van der Waals surface area contributed by atoms with Crippen LogP contribution in [0.15, 0.2) is 65.2 Å². The van der Waals surface area contributed by atoms with Crippen molar-refractivity contribution in [1.29, 1.82) is 0 Å². The SMILES string of the molecule is CC(C)N(CCc1nc(-c2ccccc2)no1)C(=O)c1ccccc1. The summed E-state index contributed by atoms with van der Waals surface area (Å²) in [7, 11) is 0. The lowest BCUT2D eigenvalue weighted by molar-refractivity contribution is 0.0704. The van der Waals surface area contributed by atoms with E-state index in [9.17, 15) is 4.79 Å². The van der Waals surface area contributed by atoms with E-state index in [0.717, 1.165) is 5.56 Å². The second kappa shape index (κ2) is 7.75. The van der Waals surface area contributed by atoms with Crippen molar-refractivity contribution in [3.05, 3.63) is 72.1 Å².